The second-order valence-corrected chi connectivity index (χ2v) is 6.50. The molecule has 1 aromatic carbocycles. The van der Waals surface area contributed by atoms with Crippen molar-refractivity contribution in [2.75, 3.05) is 13.1 Å². The van der Waals surface area contributed by atoms with Crippen molar-refractivity contribution in [3.05, 3.63) is 32.8 Å². The van der Waals surface area contributed by atoms with E-state index in [1.165, 1.54) is 17.5 Å². The van der Waals surface area contributed by atoms with Crippen LogP contribution in [0.3, 0.4) is 0 Å². The molecular weight excluding hydrogens is 286 g/mol. The normalized spacial score (nSPS) is 32.3. The van der Waals surface area contributed by atoms with Crippen molar-refractivity contribution < 1.29 is 0 Å². The van der Waals surface area contributed by atoms with Crippen molar-refractivity contribution in [1.29, 1.82) is 0 Å². The topological polar surface area (TPSA) is 12.0 Å². The van der Waals surface area contributed by atoms with E-state index in [-0.39, 0.29) is 0 Å². The number of nitrogens with one attached hydrogen (secondary N) is 1. The van der Waals surface area contributed by atoms with E-state index in [1.807, 2.05) is 0 Å². The van der Waals surface area contributed by atoms with Crippen LogP contribution in [0.2, 0.25) is 5.02 Å². The van der Waals surface area contributed by atoms with E-state index < -0.39 is 0 Å². The summed E-state index contributed by atoms with van der Waals surface area (Å²) in [6.07, 6.45) is 2.36. The molecule has 0 amide bonds. The summed E-state index contributed by atoms with van der Waals surface area (Å²) in [7, 11) is 0. The van der Waals surface area contributed by atoms with E-state index in [9.17, 15) is 0 Å². The fourth-order valence-electron chi connectivity index (χ4n) is 3.22. The maximum Gasteiger partial charge on any atom is 0.0582 e. The molecule has 1 nitrogen and oxygen atoms in total. The summed E-state index contributed by atoms with van der Waals surface area (Å²) in [6, 6.07) is 4.34. The highest BCUT2D eigenvalue weighted by atomic mass is 79.9. The van der Waals surface area contributed by atoms with Gasteiger partial charge in [0.25, 0.3) is 0 Å². The number of rotatable bonds is 0. The molecule has 1 heterocycles. The molecule has 0 bridgehead atoms. The third kappa shape index (κ3) is 1.47. The quantitative estimate of drug-likeness (QED) is 0.769. The molecule has 86 valence electrons. The molecule has 3 rings (SSSR count). The fraction of sp³-hybridized carbons (Fsp3) is 0.538. The highest BCUT2D eigenvalue weighted by molar-refractivity contribution is 9.10. The Morgan fingerprint density at radius 2 is 2.31 bits per heavy atom. The minimum Gasteiger partial charge on any atom is -0.316 e. The average molecular weight is 301 g/mol. The van der Waals surface area contributed by atoms with Crippen molar-refractivity contribution in [1.82, 2.24) is 5.32 Å². The first kappa shape index (κ1) is 11.1. The van der Waals surface area contributed by atoms with E-state index in [1.54, 1.807) is 0 Å². The van der Waals surface area contributed by atoms with Crippen molar-refractivity contribution in [3.8, 4) is 0 Å². The van der Waals surface area contributed by atoms with Gasteiger partial charge in [0.15, 0.2) is 0 Å². The third-order valence-corrected chi connectivity index (χ3v) is 5.59. The summed E-state index contributed by atoms with van der Waals surface area (Å²) in [5.41, 5.74) is 3.26. The van der Waals surface area contributed by atoms with Crippen LogP contribution in [0.5, 0.6) is 0 Å². The first-order valence-corrected chi connectivity index (χ1v) is 6.96. The second-order valence-electron chi connectivity index (χ2n) is 5.27. The predicted octanol–water partition coefficient (Wildman–Crippen LogP) is 3.74. The van der Waals surface area contributed by atoms with E-state index in [0.29, 0.717) is 11.3 Å². The zero-order chi connectivity index (χ0) is 11.3. The standard InChI is InChI=1S/C13H15BrClN/c1-13-5-4-9-8(10(13)6-16-7-13)2-3-11(14)12(9)15/h2-3,10,16H,4-7H2,1H3/t10-,13-/m0/s1. The summed E-state index contributed by atoms with van der Waals surface area (Å²) in [5, 5.41) is 4.45. The Balaban J connectivity index is 2.14. The molecule has 1 aromatic rings. The number of benzene rings is 1. The molecule has 2 atom stereocenters. The molecule has 0 spiro atoms. The van der Waals surface area contributed by atoms with Gasteiger partial charge in [0.1, 0.15) is 0 Å². The minimum atomic E-state index is 0.435. The summed E-state index contributed by atoms with van der Waals surface area (Å²) >= 11 is 9.89. The molecule has 3 heteroatoms. The van der Waals surface area contributed by atoms with E-state index in [2.05, 4.69) is 40.3 Å². The van der Waals surface area contributed by atoms with Gasteiger partial charge in [-0.2, -0.15) is 0 Å². The average Bonchev–Trinajstić information content (AvgIpc) is 2.65. The number of fused-ring (bicyclic) bond motifs is 3. The van der Waals surface area contributed by atoms with Gasteiger partial charge in [-0.05, 0) is 51.4 Å². The van der Waals surface area contributed by atoms with Crippen molar-refractivity contribution >= 4 is 27.5 Å². The lowest BCUT2D eigenvalue weighted by molar-refractivity contribution is 0.277. The van der Waals surface area contributed by atoms with Gasteiger partial charge in [-0.25, -0.2) is 0 Å². The van der Waals surface area contributed by atoms with Crippen LogP contribution >= 0.6 is 27.5 Å². The van der Waals surface area contributed by atoms with Gasteiger partial charge in [0.2, 0.25) is 0 Å². The first-order valence-electron chi connectivity index (χ1n) is 5.79. The lowest BCUT2D eigenvalue weighted by atomic mass is 9.67. The third-order valence-electron chi connectivity index (χ3n) is 4.27. The molecule has 1 N–H and O–H groups in total. The van der Waals surface area contributed by atoms with Crippen LogP contribution in [0, 0.1) is 5.41 Å². The van der Waals surface area contributed by atoms with E-state index in [0.717, 1.165) is 29.0 Å². The Bertz CT molecular complexity index is 446. The molecule has 16 heavy (non-hydrogen) atoms. The van der Waals surface area contributed by atoms with Crippen LogP contribution in [0.25, 0.3) is 0 Å². The van der Waals surface area contributed by atoms with E-state index in [4.69, 9.17) is 11.6 Å². The number of hydrogen-bond acceptors (Lipinski definition) is 1. The summed E-state index contributed by atoms with van der Waals surface area (Å²) in [4.78, 5) is 0. The smallest absolute Gasteiger partial charge is 0.0582 e. The van der Waals surface area contributed by atoms with Crippen LogP contribution in [0.15, 0.2) is 16.6 Å². The lowest BCUT2D eigenvalue weighted by Gasteiger charge is -2.37. The Hall–Kier alpha value is -0.0500. The Kier molecular flexibility index (Phi) is 2.58. The Morgan fingerprint density at radius 3 is 3.12 bits per heavy atom. The second kappa shape index (κ2) is 3.72. The van der Waals surface area contributed by atoms with Gasteiger partial charge in [0.05, 0.1) is 5.02 Å². The zero-order valence-electron chi connectivity index (χ0n) is 9.32. The summed E-state index contributed by atoms with van der Waals surface area (Å²) in [5.74, 6) is 0.641. The first-order chi connectivity index (χ1) is 7.62. The van der Waals surface area contributed by atoms with Crippen LogP contribution in [0.4, 0.5) is 0 Å². The Morgan fingerprint density at radius 1 is 1.50 bits per heavy atom. The number of halogens is 2. The highest BCUT2D eigenvalue weighted by Crippen LogP contribution is 2.49. The molecule has 0 saturated carbocycles. The van der Waals surface area contributed by atoms with Crippen LogP contribution in [-0.4, -0.2) is 13.1 Å². The van der Waals surface area contributed by atoms with Gasteiger partial charge >= 0.3 is 0 Å². The summed E-state index contributed by atoms with van der Waals surface area (Å²) in [6.45, 7) is 4.64. The maximum atomic E-state index is 6.38. The largest absolute Gasteiger partial charge is 0.316 e. The Labute approximate surface area is 110 Å². The van der Waals surface area contributed by atoms with Crippen molar-refractivity contribution in [2.45, 2.75) is 25.7 Å². The molecule has 1 saturated heterocycles. The van der Waals surface area contributed by atoms with Gasteiger partial charge in [0, 0.05) is 23.5 Å². The SMILES string of the molecule is C[C@@]12CCc3c(ccc(Br)c3Cl)[C@@H]1CNC2. The van der Waals surface area contributed by atoms with E-state index >= 15 is 0 Å². The van der Waals surface area contributed by atoms with Crippen molar-refractivity contribution in [2.24, 2.45) is 5.41 Å². The highest BCUT2D eigenvalue weighted by Gasteiger charge is 2.43. The van der Waals surface area contributed by atoms with Gasteiger partial charge < -0.3 is 5.32 Å². The van der Waals surface area contributed by atoms with Crippen LogP contribution < -0.4 is 5.32 Å². The van der Waals surface area contributed by atoms with Gasteiger partial charge in [-0.1, -0.05) is 24.6 Å². The fourth-order valence-corrected chi connectivity index (χ4v) is 3.86. The molecule has 0 aromatic heterocycles. The molecule has 1 fully saturated rings. The van der Waals surface area contributed by atoms with Crippen molar-refractivity contribution in [3.63, 3.8) is 0 Å². The minimum absolute atomic E-state index is 0.435. The lowest BCUT2D eigenvalue weighted by Crippen LogP contribution is -2.30. The van der Waals surface area contributed by atoms with Gasteiger partial charge in [-0.15, -0.1) is 0 Å². The number of hydrogen-bond donors (Lipinski definition) is 1. The molecule has 0 radical (unpaired) electrons. The predicted molar refractivity (Wildman–Crippen MR) is 71.2 cm³/mol. The molecular formula is C13H15BrClN. The molecule has 1 aliphatic carbocycles. The zero-order valence-corrected chi connectivity index (χ0v) is 11.7. The van der Waals surface area contributed by atoms with Crippen LogP contribution in [0.1, 0.15) is 30.4 Å². The van der Waals surface area contributed by atoms with Gasteiger partial charge in [-0.3, -0.25) is 0 Å². The van der Waals surface area contributed by atoms with Crippen LogP contribution in [-0.2, 0) is 6.42 Å². The molecule has 1 aliphatic heterocycles. The molecule has 2 aliphatic rings. The summed E-state index contributed by atoms with van der Waals surface area (Å²) < 4.78 is 1.03. The maximum absolute atomic E-state index is 6.38. The molecule has 0 unspecified atom stereocenters. The monoisotopic (exact) mass is 299 g/mol.